The van der Waals surface area contributed by atoms with Gasteiger partial charge in [0.25, 0.3) is 0 Å². The van der Waals surface area contributed by atoms with Crippen LogP contribution in [-0.4, -0.2) is 38.4 Å². The second-order valence-corrected chi connectivity index (χ2v) is 6.29. The Balaban J connectivity index is 2.00. The number of nitriles is 1. The molecule has 6 heteroatoms. The Hall–Kier alpha value is -1.71. The average molecular weight is 320 g/mol. The van der Waals surface area contributed by atoms with Gasteiger partial charge in [-0.05, 0) is 18.4 Å². The number of rotatable bonds is 7. The summed E-state index contributed by atoms with van der Waals surface area (Å²) < 4.78 is 4.87. The molecular weight excluding hydrogens is 298 g/mol. The quantitative estimate of drug-likeness (QED) is 0.607. The first-order chi connectivity index (χ1) is 10.8. The predicted octanol–water partition coefficient (Wildman–Crippen LogP) is 1.24. The van der Waals surface area contributed by atoms with Crippen LogP contribution < -0.4 is 4.90 Å². The van der Waals surface area contributed by atoms with Crippen molar-refractivity contribution in [3.63, 3.8) is 0 Å². The topological polar surface area (TPSA) is 66.9 Å². The molecule has 0 unspecified atom stereocenters. The number of hydrogen-bond donors (Lipinski definition) is 1. The molecule has 1 aromatic heterocycles. The number of nitrogens with one attached hydrogen (secondary N) is 1. The zero-order valence-corrected chi connectivity index (χ0v) is 13.6. The Bertz CT molecular complexity index is 530. The van der Waals surface area contributed by atoms with Crippen molar-refractivity contribution >= 4 is 23.5 Å². The van der Waals surface area contributed by atoms with Crippen LogP contribution in [0.25, 0.3) is 0 Å². The Morgan fingerprint density at radius 3 is 2.95 bits per heavy atom. The van der Waals surface area contributed by atoms with Crippen molar-refractivity contribution < 1.29 is 14.4 Å². The summed E-state index contributed by atoms with van der Waals surface area (Å²) in [7, 11) is 0. The number of quaternary nitrogens is 1. The number of carbonyl (C=O) groups excluding carboxylic acids is 1. The van der Waals surface area contributed by atoms with Gasteiger partial charge in [0.15, 0.2) is 5.92 Å². The van der Waals surface area contributed by atoms with E-state index in [1.807, 2.05) is 6.07 Å². The zero-order chi connectivity index (χ0) is 15.8. The van der Waals surface area contributed by atoms with Gasteiger partial charge in [0, 0.05) is 19.1 Å². The third-order valence-corrected chi connectivity index (χ3v) is 4.83. The van der Waals surface area contributed by atoms with Gasteiger partial charge in [0.2, 0.25) is 0 Å². The lowest BCUT2D eigenvalue weighted by atomic mass is 10.2. The zero-order valence-electron chi connectivity index (χ0n) is 12.8. The summed E-state index contributed by atoms with van der Waals surface area (Å²) in [5, 5.41) is 11.1. The smallest absolute Gasteiger partial charge is 0.328 e. The number of hydrogen-bond acceptors (Lipinski definition) is 5. The lowest BCUT2D eigenvalue weighted by Gasteiger charge is -2.22. The standard InChI is InChI=1S/C16H21N3O2S/c1-2-21-16(20)13(10-17)11-18-12-14(15-6-5-9-22-15)19-7-3-4-8-19/h5-6,9,11,13-14H,2-4,7-8,12H2,1H3/p+1/t13-,14-/m0/s1. The van der Waals surface area contributed by atoms with Gasteiger partial charge in [-0.25, -0.2) is 0 Å². The first kappa shape index (κ1) is 16.7. The number of nitrogens with zero attached hydrogens (tertiary/aromatic N) is 2. The highest BCUT2D eigenvalue weighted by atomic mass is 32.1. The van der Waals surface area contributed by atoms with E-state index in [9.17, 15) is 4.79 Å². The molecule has 1 aromatic rings. The molecule has 0 amide bonds. The average Bonchev–Trinajstić information content (AvgIpc) is 3.21. The molecule has 2 atom stereocenters. The summed E-state index contributed by atoms with van der Waals surface area (Å²) in [6.45, 7) is 4.94. The maximum atomic E-state index is 11.6. The molecule has 0 spiro atoms. The lowest BCUT2D eigenvalue weighted by Crippen LogP contribution is -3.10. The van der Waals surface area contributed by atoms with Gasteiger partial charge < -0.3 is 9.64 Å². The molecule has 22 heavy (non-hydrogen) atoms. The molecule has 1 aliphatic rings. The highest BCUT2D eigenvalue weighted by molar-refractivity contribution is 7.10. The highest BCUT2D eigenvalue weighted by Gasteiger charge is 2.28. The van der Waals surface area contributed by atoms with Gasteiger partial charge in [0.05, 0.1) is 37.2 Å². The normalized spacial score (nSPS) is 18.2. The molecule has 0 aliphatic carbocycles. The van der Waals surface area contributed by atoms with Gasteiger partial charge in [-0.15, -0.1) is 11.3 Å². The highest BCUT2D eigenvalue weighted by Crippen LogP contribution is 2.18. The van der Waals surface area contributed by atoms with Crippen LogP contribution in [0.2, 0.25) is 0 Å². The minimum absolute atomic E-state index is 0.278. The number of ether oxygens (including phenoxy) is 1. The summed E-state index contributed by atoms with van der Waals surface area (Å²) in [5.41, 5.74) is 0. The van der Waals surface area contributed by atoms with E-state index in [0.29, 0.717) is 12.6 Å². The summed E-state index contributed by atoms with van der Waals surface area (Å²) in [4.78, 5) is 18.8. The van der Waals surface area contributed by atoms with E-state index in [4.69, 9.17) is 10.00 Å². The molecule has 2 rings (SSSR count). The SMILES string of the molecule is CCOC(=O)[C@@H](C#N)C=NC[C@@H](c1cccs1)[NH+]1CCCC1. The van der Waals surface area contributed by atoms with Crippen LogP contribution in [0.15, 0.2) is 22.5 Å². The van der Waals surface area contributed by atoms with Crippen molar-refractivity contribution in [1.29, 1.82) is 5.26 Å². The molecule has 1 saturated heterocycles. The lowest BCUT2D eigenvalue weighted by molar-refractivity contribution is -0.917. The maximum absolute atomic E-state index is 11.6. The van der Waals surface area contributed by atoms with E-state index in [0.717, 1.165) is 13.1 Å². The Labute approximate surface area is 135 Å². The molecule has 1 N–H and O–H groups in total. The molecule has 1 aliphatic heterocycles. The van der Waals surface area contributed by atoms with E-state index in [1.54, 1.807) is 23.2 Å². The molecule has 0 saturated carbocycles. The van der Waals surface area contributed by atoms with Crippen LogP contribution >= 0.6 is 11.3 Å². The molecule has 0 radical (unpaired) electrons. The number of carbonyl (C=O) groups is 1. The van der Waals surface area contributed by atoms with E-state index in [2.05, 4.69) is 22.5 Å². The van der Waals surface area contributed by atoms with Gasteiger partial charge in [-0.1, -0.05) is 6.07 Å². The Kier molecular flexibility index (Phi) is 6.56. The van der Waals surface area contributed by atoms with Gasteiger partial charge in [-0.3, -0.25) is 9.79 Å². The predicted molar refractivity (Wildman–Crippen MR) is 86.1 cm³/mol. The van der Waals surface area contributed by atoms with Crippen LogP contribution in [0.5, 0.6) is 0 Å². The fourth-order valence-electron chi connectivity index (χ4n) is 2.74. The van der Waals surface area contributed by atoms with E-state index in [-0.39, 0.29) is 6.61 Å². The van der Waals surface area contributed by atoms with Gasteiger partial charge in [0.1, 0.15) is 6.04 Å². The third-order valence-electron chi connectivity index (χ3n) is 3.85. The second kappa shape index (κ2) is 8.66. The minimum Gasteiger partial charge on any atom is -0.465 e. The van der Waals surface area contributed by atoms with Crippen LogP contribution in [0.4, 0.5) is 0 Å². The van der Waals surface area contributed by atoms with Crippen LogP contribution in [0.3, 0.4) is 0 Å². The van der Waals surface area contributed by atoms with Crippen molar-refractivity contribution in [3.8, 4) is 6.07 Å². The maximum Gasteiger partial charge on any atom is 0.328 e. The monoisotopic (exact) mass is 320 g/mol. The van der Waals surface area contributed by atoms with Crippen molar-refractivity contribution in [2.75, 3.05) is 26.2 Å². The summed E-state index contributed by atoms with van der Waals surface area (Å²) >= 11 is 1.75. The number of likely N-dealkylation sites (tertiary alicyclic amines) is 1. The molecular formula is C16H22N3O2S+. The fourth-order valence-corrected chi connectivity index (χ4v) is 3.61. The van der Waals surface area contributed by atoms with Gasteiger partial charge >= 0.3 is 5.97 Å². The summed E-state index contributed by atoms with van der Waals surface area (Å²) in [6.07, 6.45) is 3.95. The molecule has 2 heterocycles. The molecule has 1 fully saturated rings. The molecule has 118 valence electrons. The van der Waals surface area contributed by atoms with E-state index >= 15 is 0 Å². The minimum atomic E-state index is -0.905. The fraction of sp³-hybridized carbons (Fsp3) is 0.562. The first-order valence-electron chi connectivity index (χ1n) is 7.70. The van der Waals surface area contributed by atoms with Crippen molar-refractivity contribution in [2.24, 2.45) is 10.9 Å². The van der Waals surface area contributed by atoms with Crippen LogP contribution in [0, 0.1) is 17.2 Å². The third kappa shape index (κ3) is 4.39. The van der Waals surface area contributed by atoms with E-state index in [1.165, 1.54) is 23.9 Å². The molecule has 0 aromatic carbocycles. The van der Waals surface area contributed by atoms with E-state index < -0.39 is 11.9 Å². The first-order valence-corrected chi connectivity index (χ1v) is 8.58. The summed E-state index contributed by atoms with van der Waals surface area (Å²) in [6, 6.07) is 6.46. The number of aliphatic imine (C=N–C) groups is 1. The number of thiophene rings is 1. The van der Waals surface area contributed by atoms with Crippen molar-refractivity contribution in [2.45, 2.75) is 25.8 Å². The van der Waals surface area contributed by atoms with Crippen LogP contribution in [-0.2, 0) is 9.53 Å². The number of esters is 1. The molecule has 0 bridgehead atoms. The Morgan fingerprint density at radius 2 is 2.36 bits per heavy atom. The Morgan fingerprint density at radius 1 is 1.59 bits per heavy atom. The van der Waals surface area contributed by atoms with Crippen molar-refractivity contribution in [1.82, 2.24) is 0 Å². The van der Waals surface area contributed by atoms with Crippen molar-refractivity contribution in [3.05, 3.63) is 22.4 Å². The summed E-state index contributed by atoms with van der Waals surface area (Å²) in [5.74, 6) is -1.42. The molecule has 5 nitrogen and oxygen atoms in total. The van der Waals surface area contributed by atoms with Gasteiger partial charge in [-0.2, -0.15) is 5.26 Å². The second-order valence-electron chi connectivity index (χ2n) is 5.31. The largest absolute Gasteiger partial charge is 0.465 e. The van der Waals surface area contributed by atoms with Crippen LogP contribution in [0.1, 0.15) is 30.7 Å².